The van der Waals surface area contributed by atoms with Crippen LogP contribution in [0, 0.1) is 6.92 Å². The van der Waals surface area contributed by atoms with Crippen molar-refractivity contribution in [3.05, 3.63) is 74.8 Å². The molecular formula is C20H19N3O4S. The van der Waals surface area contributed by atoms with Gasteiger partial charge in [-0.3, -0.25) is 14.3 Å². The first-order valence-electron chi connectivity index (χ1n) is 8.84. The minimum Gasteiger partial charge on any atom is -0.311 e. The third kappa shape index (κ3) is 2.37. The zero-order chi connectivity index (χ0) is 20.2. The van der Waals surface area contributed by atoms with Gasteiger partial charge in [-0.05, 0) is 32.0 Å². The van der Waals surface area contributed by atoms with E-state index in [1.165, 1.54) is 21.4 Å². The third-order valence-corrected chi connectivity index (χ3v) is 6.67. The molecule has 0 spiro atoms. The fraction of sp³-hybridized carbons (Fsp3) is 0.200. The minimum atomic E-state index is -4.17. The van der Waals surface area contributed by atoms with Crippen LogP contribution < -0.4 is 11.1 Å². The molecule has 0 radical (unpaired) electrons. The minimum absolute atomic E-state index is 0.00108. The van der Waals surface area contributed by atoms with Crippen LogP contribution in [0.3, 0.4) is 0 Å². The topological polar surface area (TPSA) is 83.1 Å². The molecule has 8 heteroatoms. The predicted octanol–water partition coefficient (Wildman–Crippen LogP) is 2.22. The molecular weight excluding hydrogens is 378 g/mol. The maximum absolute atomic E-state index is 13.3. The molecule has 0 aliphatic carbocycles. The average Bonchev–Trinajstić information content (AvgIpc) is 2.99. The van der Waals surface area contributed by atoms with Crippen molar-refractivity contribution in [3.63, 3.8) is 0 Å². The van der Waals surface area contributed by atoms with E-state index in [2.05, 4.69) is 0 Å². The molecule has 0 bridgehead atoms. The summed E-state index contributed by atoms with van der Waals surface area (Å²) in [6.45, 7) is 3.80. The first kappa shape index (κ1) is 18.2. The van der Waals surface area contributed by atoms with Crippen LogP contribution in [0.4, 0.5) is 0 Å². The number of benzene rings is 2. The Balaban J connectivity index is 2.23. The predicted molar refractivity (Wildman–Crippen MR) is 108 cm³/mol. The molecule has 4 aromatic rings. The molecule has 0 saturated carbocycles. The van der Waals surface area contributed by atoms with E-state index in [1.807, 2.05) is 6.92 Å². The molecule has 0 fully saturated rings. The van der Waals surface area contributed by atoms with Crippen LogP contribution in [0.5, 0.6) is 0 Å². The summed E-state index contributed by atoms with van der Waals surface area (Å²) < 4.78 is 30.0. The molecule has 0 saturated heterocycles. The number of fused-ring (bicyclic) bond motifs is 3. The van der Waals surface area contributed by atoms with Crippen molar-refractivity contribution in [2.75, 3.05) is 0 Å². The average molecular weight is 397 g/mol. The number of pyridine rings is 1. The van der Waals surface area contributed by atoms with Crippen LogP contribution >= 0.6 is 0 Å². The lowest BCUT2D eigenvalue weighted by Gasteiger charge is -2.13. The molecule has 7 nitrogen and oxygen atoms in total. The Morgan fingerprint density at radius 3 is 2.21 bits per heavy atom. The molecule has 0 N–H and O–H groups in total. The van der Waals surface area contributed by atoms with Crippen molar-refractivity contribution >= 4 is 31.8 Å². The molecule has 4 rings (SSSR count). The second-order valence-corrected chi connectivity index (χ2v) is 8.45. The van der Waals surface area contributed by atoms with Crippen LogP contribution in [-0.4, -0.2) is 21.8 Å². The Morgan fingerprint density at radius 2 is 1.57 bits per heavy atom. The molecule has 0 aliphatic heterocycles. The van der Waals surface area contributed by atoms with Crippen LogP contribution in [0.15, 0.2) is 63.0 Å². The second-order valence-electron chi connectivity index (χ2n) is 6.69. The van der Waals surface area contributed by atoms with Gasteiger partial charge in [-0.25, -0.2) is 0 Å². The van der Waals surface area contributed by atoms with Crippen molar-refractivity contribution in [3.8, 4) is 0 Å². The van der Waals surface area contributed by atoms with Gasteiger partial charge >= 0.3 is 0 Å². The number of para-hydroxylation sites is 1. The highest BCUT2D eigenvalue weighted by Gasteiger charge is 2.28. The lowest BCUT2D eigenvalue weighted by molar-refractivity contribution is 0.545. The van der Waals surface area contributed by atoms with Gasteiger partial charge in [0.15, 0.2) is 0 Å². The lowest BCUT2D eigenvalue weighted by atomic mass is 10.1. The van der Waals surface area contributed by atoms with E-state index in [-0.39, 0.29) is 16.8 Å². The fourth-order valence-electron chi connectivity index (χ4n) is 3.57. The fourth-order valence-corrected chi connectivity index (χ4v) is 5.02. The van der Waals surface area contributed by atoms with E-state index in [1.54, 1.807) is 50.4 Å². The van der Waals surface area contributed by atoms with Crippen molar-refractivity contribution in [1.82, 2.24) is 13.3 Å². The van der Waals surface area contributed by atoms with Gasteiger partial charge in [0.2, 0.25) is 0 Å². The molecule has 0 atom stereocenters. The molecule has 2 aromatic heterocycles. The summed E-state index contributed by atoms with van der Waals surface area (Å²) >= 11 is 0. The van der Waals surface area contributed by atoms with Gasteiger partial charge in [-0.15, -0.1) is 4.09 Å². The van der Waals surface area contributed by atoms with Gasteiger partial charge in [-0.1, -0.05) is 35.9 Å². The first-order valence-corrected chi connectivity index (χ1v) is 10.3. The summed E-state index contributed by atoms with van der Waals surface area (Å²) in [6.07, 6.45) is 0. The normalized spacial score (nSPS) is 12.1. The zero-order valence-corrected chi connectivity index (χ0v) is 16.5. The number of aromatic nitrogens is 3. The Kier molecular flexibility index (Phi) is 4.04. The smallest absolute Gasteiger partial charge is 0.294 e. The summed E-state index contributed by atoms with van der Waals surface area (Å²) in [5.41, 5.74) is 0.527. The second kappa shape index (κ2) is 6.20. The summed E-state index contributed by atoms with van der Waals surface area (Å²) in [5, 5.41) is 0.523. The van der Waals surface area contributed by atoms with Gasteiger partial charge in [0, 0.05) is 19.0 Å². The summed E-state index contributed by atoms with van der Waals surface area (Å²) in [7, 11) is -2.60. The Bertz CT molecular complexity index is 1460. The number of aryl methyl sites for hydroxylation is 3. The summed E-state index contributed by atoms with van der Waals surface area (Å²) in [5.74, 6) is 0. The van der Waals surface area contributed by atoms with Crippen molar-refractivity contribution in [2.24, 2.45) is 7.05 Å². The molecule has 2 heterocycles. The number of hydrogen-bond donors (Lipinski definition) is 0. The monoisotopic (exact) mass is 397 g/mol. The molecule has 2 aromatic carbocycles. The Morgan fingerprint density at radius 1 is 0.929 bits per heavy atom. The van der Waals surface area contributed by atoms with E-state index in [0.717, 1.165) is 9.65 Å². The van der Waals surface area contributed by atoms with E-state index in [4.69, 9.17) is 0 Å². The van der Waals surface area contributed by atoms with Gasteiger partial charge in [0.05, 0.1) is 15.9 Å². The molecule has 0 aliphatic rings. The van der Waals surface area contributed by atoms with E-state index < -0.39 is 21.1 Å². The number of nitrogens with zero attached hydrogens (tertiary/aromatic N) is 3. The Labute approximate surface area is 161 Å². The first-order chi connectivity index (χ1) is 13.3. The summed E-state index contributed by atoms with van der Waals surface area (Å²) in [6, 6.07) is 13.4. The van der Waals surface area contributed by atoms with E-state index in [9.17, 15) is 18.0 Å². The largest absolute Gasteiger partial charge is 0.311 e. The maximum atomic E-state index is 13.3. The van der Waals surface area contributed by atoms with Gasteiger partial charge in [0.25, 0.3) is 21.1 Å². The lowest BCUT2D eigenvalue weighted by Crippen LogP contribution is -2.31. The van der Waals surface area contributed by atoms with Crippen molar-refractivity contribution in [2.45, 2.75) is 25.3 Å². The molecule has 0 amide bonds. The van der Waals surface area contributed by atoms with Crippen LogP contribution in [0.25, 0.3) is 21.8 Å². The molecule has 28 heavy (non-hydrogen) atoms. The highest BCUT2D eigenvalue weighted by Crippen LogP contribution is 2.23. The number of rotatable bonds is 3. The van der Waals surface area contributed by atoms with Gasteiger partial charge < -0.3 is 4.57 Å². The van der Waals surface area contributed by atoms with E-state index in [0.29, 0.717) is 16.4 Å². The van der Waals surface area contributed by atoms with Crippen LogP contribution in [0.1, 0.15) is 12.5 Å². The zero-order valence-electron chi connectivity index (χ0n) is 15.7. The SMILES string of the molecule is CCn1c2c(c(=O)n(C)c3ccccc32)c(=O)n1S(=O)(=O)c1ccc(C)cc1. The van der Waals surface area contributed by atoms with Crippen LogP contribution in [0.2, 0.25) is 0 Å². The molecule has 144 valence electrons. The van der Waals surface area contributed by atoms with Crippen molar-refractivity contribution < 1.29 is 8.42 Å². The van der Waals surface area contributed by atoms with Crippen LogP contribution in [-0.2, 0) is 23.6 Å². The molecule has 0 unspecified atom stereocenters. The summed E-state index contributed by atoms with van der Waals surface area (Å²) in [4.78, 5) is 26.1. The quantitative estimate of drug-likeness (QED) is 0.531. The van der Waals surface area contributed by atoms with Gasteiger partial charge in [-0.2, -0.15) is 8.42 Å². The number of hydrogen-bond acceptors (Lipinski definition) is 4. The highest BCUT2D eigenvalue weighted by atomic mass is 32.2. The standard InChI is InChI=1S/C20H19N3O4S/c1-4-22-18-15-7-5-6-8-16(15)21(3)19(24)17(18)20(25)23(22)28(26,27)14-11-9-13(2)10-12-14/h5-12H,4H2,1-3H3. The van der Waals surface area contributed by atoms with Gasteiger partial charge in [0.1, 0.15) is 5.39 Å². The Hall–Kier alpha value is -3.13. The van der Waals surface area contributed by atoms with E-state index >= 15 is 0 Å². The maximum Gasteiger partial charge on any atom is 0.294 e. The highest BCUT2D eigenvalue weighted by molar-refractivity contribution is 7.89. The third-order valence-electron chi connectivity index (χ3n) is 4.99. The van der Waals surface area contributed by atoms with Crippen molar-refractivity contribution in [1.29, 1.82) is 0 Å².